The topological polar surface area (TPSA) is 133 Å². The number of hydrogen-bond acceptors (Lipinski definition) is 8. The molecule has 1 amide bonds. The van der Waals surface area contributed by atoms with Crippen LogP contribution in [0.5, 0.6) is 5.75 Å². The quantitative estimate of drug-likeness (QED) is 0.384. The standard InChI is InChI=1S/C23H34FN5O5/c1-15(2)21-26-23(34-27-21)29-9-7-28(8-10-29)16(3)6-11-33-20-5-4-17(12-19(20)24)22(32)25-18(13-30)14-31/h4-5,12,15-16,18,30-31H,6-11,13-14H2,1-3H3,(H,25,32)/p+2. The number of hydrogen-bond donors (Lipinski definition) is 3. The maximum atomic E-state index is 14.4. The molecule has 0 spiro atoms. The molecule has 0 saturated carbocycles. The molecule has 188 valence electrons. The lowest BCUT2D eigenvalue weighted by molar-refractivity contribution is -0.590. The van der Waals surface area contributed by atoms with Crippen LogP contribution >= 0.6 is 0 Å². The van der Waals surface area contributed by atoms with Gasteiger partial charge in [0, 0.05) is 44.2 Å². The van der Waals surface area contributed by atoms with Gasteiger partial charge in [-0.25, -0.2) is 14.5 Å². The molecule has 2 aromatic rings. The third-order valence-electron chi connectivity index (χ3n) is 6.04. The van der Waals surface area contributed by atoms with Crippen LogP contribution < -0.4 is 15.0 Å². The number of carbonyl (C=O) groups excluding carboxylic acids is 1. The van der Waals surface area contributed by atoms with E-state index in [1.54, 1.807) is 6.07 Å². The maximum absolute atomic E-state index is 14.4. The van der Waals surface area contributed by atoms with E-state index < -0.39 is 11.9 Å². The molecule has 10 nitrogen and oxygen atoms in total. The molecule has 1 aromatic heterocycles. The lowest BCUT2D eigenvalue weighted by atomic mass is 10.1. The van der Waals surface area contributed by atoms with Crippen molar-refractivity contribution in [1.29, 1.82) is 0 Å². The average Bonchev–Trinajstić information content (AvgIpc) is 3.34. The van der Waals surface area contributed by atoms with Crippen molar-refractivity contribution in [3.8, 4) is 5.75 Å². The molecule has 34 heavy (non-hydrogen) atoms. The van der Waals surface area contributed by atoms with Gasteiger partial charge in [0.25, 0.3) is 0 Å². The number of aliphatic hydroxyl groups excluding tert-OH is 2. The molecule has 5 N–H and O–H groups in total. The zero-order valence-electron chi connectivity index (χ0n) is 20.0. The second kappa shape index (κ2) is 12.2. The summed E-state index contributed by atoms with van der Waals surface area (Å²) < 4.78 is 25.5. The molecule has 0 bridgehead atoms. The van der Waals surface area contributed by atoms with E-state index in [0.717, 1.165) is 32.6 Å². The highest BCUT2D eigenvalue weighted by molar-refractivity contribution is 5.87. The minimum absolute atomic E-state index is 0.117. The van der Waals surface area contributed by atoms with Gasteiger partial charge < -0.3 is 24.4 Å². The number of anilines is 1. The normalized spacial score (nSPS) is 15.8. The predicted molar refractivity (Wildman–Crippen MR) is 124 cm³/mol. The molecule has 0 aliphatic carbocycles. The van der Waals surface area contributed by atoms with E-state index in [0.29, 0.717) is 18.4 Å². The van der Waals surface area contributed by atoms with Crippen LogP contribution in [0, 0.1) is 5.82 Å². The number of halogens is 1. The Morgan fingerprint density at radius 2 is 1.91 bits per heavy atom. The summed E-state index contributed by atoms with van der Waals surface area (Å²) in [5.41, 5.74) is 0.254. The summed E-state index contributed by atoms with van der Waals surface area (Å²) in [6.45, 7) is 9.24. The van der Waals surface area contributed by atoms with E-state index in [9.17, 15) is 9.18 Å². The Balaban J connectivity index is 1.43. The zero-order chi connectivity index (χ0) is 24.7. The number of quaternary nitrogens is 1. The van der Waals surface area contributed by atoms with Crippen LogP contribution in [0.15, 0.2) is 22.7 Å². The van der Waals surface area contributed by atoms with Crippen LogP contribution in [0.1, 0.15) is 44.5 Å². The fraction of sp³-hybridized carbons (Fsp3) is 0.609. The van der Waals surface area contributed by atoms with E-state index in [2.05, 4.69) is 26.9 Å². The Labute approximate surface area is 198 Å². The van der Waals surface area contributed by atoms with Crippen molar-refractivity contribution < 1.29 is 34.0 Å². The number of nitrogens with two attached hydrogens (primary N) is 1. The Bertz CT molecular complexity index is 928. The zero-order valence-corrected chi connectivity index (χ0v) is 20.0. The molecule has 3 rings (SSSR count). The Kier molecular flexibility index (Phi) is 9.34. The monoisotopic (exact) mass is 481 g/mol. The summed E-state index contributed by atoms with van der Waals surface area (Å²) in [6.07, 6.45) is 0.735. The van der Waals surface area contributed by atoms with Crippen LogP contribution in [-0.2, 0) is 0 Å². The number of amides is 1. The van der Waals surface area contributed by atoms with Gasteiger partial charge in [-0.05, 0) is 25.5 Å². The highest BCUT2D eigenvalue weighted by Gasteiger charge is 2.26. The lowest BCUT2D eigenvalue weighted by Crippen LogP contribution is -2.95. The van der Waals surface area contributed by atoms with Gasteiger partial charge in [-0.3, -0.25) is 4.90 Å². The molecule has 1 aliphatic rings. The first-order chi connectivity index (χ1) is 16.3. The third-order valence-corrected chi connectivity index (χ3v) is 6.04. The van der Waals surface area contributed by atoms with Crippen molar-refractivity contribution in [3.05, 3.63) is 35.4 Å². The van der Waals surface area contributed by atoms with Crippen molar-refractivity contribution in [2.75, 3.05) is 50.9 Å². The first-order valence-corrected chi connectivity index (χ1v) is 11.7. The number of aromatic nitrogens is 2. The summed E-state index contributed by atoms with van der Waals surface area (Å²) in [5.74, 6) is 0.281. The Hall–Kier alpha value is -2.60. The minimum atomic E-state index is -0.605. The van der Waals surface area contributed by atoms with Crippen molar-refractivity contribution in [1.82, 2.24) is 15.0 Å². The summed E-state index contributed by atoms with van der Waals surface area (Å²) in [7, 11) is 0. The smallest absolute Gasteiger partial charge is 0.490 e. The van der Waals surface area contributed by atoms with Crippen LogP contribution in [0.2, 0.25) is 0 Å². The Morgan fingerprint density at radius 1 is 1.21 bits per heavy atom. The van der Waals surface area contributed by atoms with Gasteiger partial charge >= 0.3 is 11.9 Å². The average molecular weight is 482 g/mol. The van der Waals surface area contributed by atoms with Crippen molar-refractivity contribution in [3.63, 3.8) is 0 Å². The molecular weight excluding hydrogens is 445 g/mol. The van der Waals surface area contributed by atoms with E-state index in [1.807, 2.05) is 13.8 Å². The van der Waals surface area contributed by atoms with E-state index in [4.69, 9.17) is 19.5 Å². The number of aliphatic hydroxyl groups is 2. The molecule has 1 fully saturated rings. The largest absolute Gasteiger partial charge is 0.511 e. The van der Waals surface area contributed by atoms with Gasteiger partial charge in [0.2, 0.25) is 0 Å². The molecule has 1 unspecified atom stereocenters. The SMILES string of the molecule is CC(C)c1noc(N2CCN(C(C)CCOc3ccc(C(=[OH+])[NH2+]C(CO)CO)cc3F)CC2)n1. The van der Waals surface area contributed by atoms with Crippen LogP contribution in [0.3, 0.4) is 0 Å². The first-order valence-electron chi connectivity index (χ1n) is 11.7. The number of ether oxygens (including phenoxy) is 1. The van der Waals surface area contributed by atoms with Crippen LogP contribution in [-0.4, -0.2) is 94.0 Å². The van der Waals surface area contributed by atoms with Crippen molar-refractivity contribution in [2.45, 2.75) is 45.2 Å². The van der Waals surface area contributed by atoms with Gasteiger partial charge in [0.15, 0.2) is 17.4 Å². The molecule has 11 heteroatoms. The van der Waals surface area contributed by atoms with Gasteiger partial charge in [0.1, 0.15) is 11.6 Å². The fourth-order valence-electron chi connectivity index (χ4n) is 3.73. The van der Waals surface area contributed by atoms with Gasteiger partial charge in [0.05, 0.1) is 19.8 Å². The molecule has 2 heterocycles. The number of benzene rings is 1. The van der Waals surface area contributed by atoms with E-state index in [1.165, 1.54) is 17.4 Å². The van der Waals surface area contributed by atoms with Crippen molar-refractivity contribution in [2.24, 2.45) is 0 Å². The highest BCUT2D eigenvalue weighted by atomic mass is 19.1. The molecule has 1 atom stereocenters. The highest BCUT2D eigenvalue weighted by Crippen LogP contribution is 2.21. The fourth-order valence-corrected chi connectivity index (χ4v) is 3.73. The summed E-state index contributed by atoms with van der Waals surface area (Å²) in [6, 6.07) is 4.42. The number of piperazine rings is 1. The number of primary amides is 1. The van der Waals surface area contributed by atoms with Crippen molar-refractivity contribution >= 4 is 11.9 Å². The van der Waals surface area contributed by atoms with E-state index >= 15 is 0 Å². The predicted octanol–water partition coefficient (Wildman–Crippen LogP) is 0.0788. The summed E-state index contributed by atoms with van der Waals surface area (Å²) >= 11 is 0. The molecule has 1 aromatic carbocycles. The van der Waals surface area contributed by atoms with Gasteiger partial charge in [-0.2, -0.15) is 4.98 Å². The van der Waals surface area contributed by atoms with E-state index in [-0.39, 0.29) is 42.4 Å². The van der Waals surface area contributed by atoms with Gasteiger partial charge in [-0.15, -0.1) is 0 Å². The third kappa shape index (κ3) is 6.72. The first kappa shape index (κ1) is 26.0. The minimum Gasteiger partial charge on any atom is -0.490 e. The molecule has 0 radical (unpaired) electrons. The number of rotatable bonds is 11. The molecular formula is C23H36FN5O5+2. The van der Waals surface area contributed by atoms with Crippen LogP contribution in [0.25, 0.3) is 0 Å². The second-order valence-corrected chi connectivity index (χ2v) is 8.92. The second-order valence-electron chi connectivity index (χ2n) is 8.92. The van der Waals surface area contributed by atoms with Gasteiger partial charge in [-0.1, -0.05) is 19.0 Å². The molecule has 1 saturated heterocycles. The summed E-state index contributed by atoms with van der Waals surface area (Å²) in [5, 5.41) is 23.6. The van der Waals surface area contributed by atoms with Crippen LogP contribution in [0.4, 0.5) is 10.4 Å². The summed E-state index contributed by atoms with van der Waals surface area (Å²) in [4.78, 5) is 19.0. The lowest BCUT2D eigenvalue weighted by Gasteiger charge is -2.37. The Morgan fingerprint density at radius 3 is 2.50 bits per heavy atom. The number of nitrogens with zero attached hydrogens (tertiary/aromatic N) is 4. The molecule has 1 aliphatic heterocycles. The maximum Gasteiger partial charge on any atom is 0.511 e.